The minimum atomic E-state index is 0.556. The SMILES string of the molecule is c1ccc(-c2cccc(-c3ccc4c(-n5c6cc7ccccc7cc6c6cc7ccccc7cc65)cc(-c5ccccc5)c(-c5nc(-c6ccccc6)nc(-c6ccc7c(c6)oc6ccccc67)n5)c4c3)c2)cc1. The molecule has 0 N–H and O–H groups in total. The Morgan fingerprint density at radius 3 is 1.43 bits per heavy atom. The van der Waals surface area contributed by atoms with Gasteiger partial charge in [-0.25, -0.2) is 15.0 Å². The number of aromatic nitrogens is 4. The van der Waals surface area contributed by atoms with E-state index in [4.69, 9.17) is 19.4 Å². The molecule has 0 fully saturated rings. The van der Waals surface area contributed by atoms with Crippen molar-refractivity contribution in [3.05, 3.63) is 255 Å². The zero-order valence-corrected chi connectivity index (χ0v) is 39.9. The topological polar surface area (TPSA) is 56.7 Å². The van der Waals surface area contributed by atoms with E-state index < -0.39 is 0 Å². The predicted octanol–water partition coefficient (Wildman–Crippen LogP) is 18.3. The average molecular weight is 943 g/mol. The monoisotopic (exact) mass is 942 g/mol. The van der Waals surface area contributed by atoms with E-state index in [0.29, 0.717) is 17.5 Å². The lowest BCUT2D eigenvalue weighted by Crippen LogP contribution is -2.04. The fourth-order valence-corrected chi connectivity index (χ4v) is 11.2. The van der Waals surface area contributed by atoms with E-state index in [-0.39, 0.29) is 0 Å². The van der Waals surface area contributed by atoms with Gasteiger partial charge in [-0.3, -0.25) is 0 Å². The standard InChI is InChI=1S/C69H42N4O/c1-4-17-43(18-5-1)46-27-16-28-47(35-46)52-31-33-54-60(38-52)66(69-71-67(45-21-8-3-9-22-45)70-68(72-69)53-32-34-56-55-29-14-15-30-64(55)74-65(56)41-53)57(44-19-6-2-7-20-44)42-63(54)73-61-39-50-25-12-10-23-48(50)36-58(61)59-37-49-24-11-13-26-51(49)40-62(59)73/h1-42H. The molecule has 0 spiro atoms. The highest BCUT2D eigenvalue weighted by Gasteiger charge is 2.25. The quantitative estimate of drug-likeness (QED) is 0.160. The van der Waals surface area contributed by atoms with Gasteiger partial charge in [0.15, 0.2) is 17.5 Å². The number of hydrogen-bond acceptors (Lipinski definition) is 4. The van der Waals surface area contributed by atoms with Crippen LogP contribution in [0.25, 0.3) is 149 Å². The summed E-state index contributed by atoms with van der Waals surface area (Å²) in [5.41, 5.74) is 14.2. The van der Waals surface area contributed by atoms with Crippen molar-refractivity contribution < 1.29 is 4.42 Å². The number of rotatable bonds is 7. The molecule has 0 aliphatic heterocycles. The van der Waals surface area contributed by atoms with Gasteiger partial charge in [0, 0.05) is 43.6 Å². The van der Waals surface area contributed by atoms with Crippen molar-refractivity contribution in [1.82, 2.24) is 19.5 Å². The maximum atomic E-state index is 6.45. The number of fused-ring (bicyclic) bond motifs is 9. The van der Waals surface area contributed by atoms with Crippen molar-refractivity contribution in [2.45, 2.75) is 0 Å². The third-order valence-corrected chi connectivity index (χ3v) is 14.8. The highest BCUT2D eigenvalue weighted by molar-refractivity contribution is 6.19. The number of hydrogen-bond donors (Lipinski definition) is 0. The van der Waals surface area contributed by atoms with Gasteiger partial charge in [-0.1, -0.05) is 194 Å². The van der Waals surface area contributed by atoms with Crippen LogP contribution in [0.2, 0.25) is 0 Å². The molecule has 0 radical (unpaired) electrons. The molecule has 0 aliphatic rings. The highest BCUT2D eigenvalue weighted by Crippen LogP contribution is 2.46. The summed E-state index contributed by atoms with van der Waals surface area (Å²) in [5, 5.41) is 11.4. The third-order valence-electron chi connectivity index (χ3n) is 14.8. The van der Waals surface area contributed by atoms with Crippen LogP contribution in [0, 0.1) is 0 Å². The molecule has 344 valence electrons. The Kier molecular flexibility index (Phi) is 9.50. The average Bonchev–Trinajstić information content (AvgIpc) is 4.01. The molecule has 74 heavy (non-hydrogen) atoms. The summed E-state index contributed by atoms with van der Waals surface area (Å²) in [7, 11) is 0. The van der Waals surface area contributed by atoms with Gasteiger partial charge in [-0.05, 0) is 121 Å². The predicted molar refractivity (Wildman–Crippen MR) is 307 cm³/mol. The number of benzene rings is 12. The van der Waals surface area contributed by atoms with Crippen molar-refractivity contribution in [2.75, 3.05) is 0 Å². The summed E-state index contributed by atoms with van der Waals surface area (Å²) in [6.45, 7) is 0. The first-order valence-electron chi connectivity index (χ1n) is 25.1. The Hall–Kier alpha value is -9.97. The van der Waals surface area contributed by atoms with E-state index in [2.05, 4.69) is 223 Å². The molecule has 0 unspecified atom stereocenters. The molecule has 0 atom stereocenters. The van der Waals surface area contributed by atoms with Crippen molar-refractivity contribution in [3.8, 4) is 73.2 Å². The Morgan fingerprint density at radius 2 is 0.757 bits per heavy atom. The van der Waals surface area contributed by atoms with Crippen molar-refractivity contribution in [3.63, 3.8) is 0 Å². The van der Waals surface area contributed by atoms with Crippen molar-refractivity contribution in [2.24, 2.45) is 0 Å². The molecule has 15 rings (SSSR count). The molecule has 0 aliphatic carbocycles. The maximum absolute atomic E-state index is 6.45. The molecule has 0 saturated carbocycles. The summed E-state index contributed by atoms with van der Waals surface area (Å²) >= 11 is 0. The number of para-hydroxylation sites is 1. The van der Waals surface area contributed by atoms with Crippen molar-refractivity contribution in [1.29, 1.82) is 0 Å². The van der Waals surface area contributed by atoms with Gasteiger partial charge in [0.05, 0.1) is 16.7 Å². The first kappa shape index (κ1) is 41.8. The Bertz CT molecular complexity index is 4620. The van der Waals surface area contributed by atoms with E-state index in [1.807, 2.05) is 36.4 Å². The first-order valence-corrected chi connectivity index (χ1v) is 25.1. The van der Waals surface area contributed by atoms with Crippen LogP contribution >= 0.6 is 0 Å². The van der Waals surface area contributed by atoms with Gasteiger partial charge < -0.3 is 8.98 Å². The van der Waals surface area contributed by atoms with E-state index in [1.54, 1.807) is 0 Å². The van der Waals surface area contributed by atoms with Crippen LogP contribution in [0.15, 0.2) is 259 Å². The number of nitrogens with zero attached hydrogens (tertiary/aromatic N) is 4. The Morgan fingerprint density at radius 1 is 0.270 bits per heavy atom. The molecule has 15 aromatic rings. The summed E-state index contributed by atoms with van der Waals surface area (Å²) in [5.74, 6) is 1.71. The van der Waals surface area contributed by atoms with Crippen LogP contribution in [-0.2, 0) is 0 Å². The molecular weight excluding hydrogens is 901 g/mol. The summed E-state index contributed by atoms with van der Waals surface area (Å²) in [4.78, 5) is 16.3. The molecule has 3 heterocycles. The Balaban J connectivity index is 1.07. The van der Waals surface area contributed by atoms with E-state index >= 15 is 0 Å². The van der Waals surface area contributed by atoms with Gasteiger partial charge in [0.2, 0.25) is 0 Å². The van der Waals surface area contributed by atoms with Crippen LogP contribution < -0.4 is 0 Å². The van der Waals surface area contributed by atoms with E-state index in [1.165, 1.54) is 37.9 Å². The second-order valence-corrected chi connectivity index (χ2v) is 19.1. The maximum Gasteiger partial charge on any atom is 0.165 e. The normalized spacial score (nSPS) is 11.8. The van der Waals surface area contributed by atoms with Crippen molar-refractivity contribution >= 4 is 76.1 Å². The molecule has 0 saturated heterocycles. The van der Waals surface area contributed by atoms with Gasteiger partial charge in [0.25, 0.3) is 0 Å². The van der Waals surface area contributed by atoms with Crippen LogP contribution in [0.5, 0.6) is 0 Å². The molecule has 0 bridgehead atoms. The van der Waals surface area contributed by atoms with E-state index in [9.17, 15) is 0 Å². The van der Waals surface area contributed by atoms with Gasteiger partial charge in [0.1, 0.15) is 11.2 Å². The van der Waals surface area contributed by atoms with Gasteiger partial charge in [-0.2, -0.15) is 0 Å². The molecule has 3 aromatic heterocycles. The lowest BCUT2D eigenvalue weighted by molar-refractivity contribution is 0.669. The first-order chi connectivity index (χ1) is 36.6. The smallest absolute Gasteiger partial charge is 0.165 e. The highest BCUT2D eigenvalue weighted by atomic mass is 16.3. The lowest BCUT2D eigenvalue weighted by Gasteiger charge is -2.20. The second-order valence-electron chi connectivity index (χ2n) is 19.1. The minimum Gasteiger partial charge on any atom is -0.456 e. The van der Waals surface area contributed by atoms with Gasteiger partial charge >= 0.3 is 0 Å². The Labute approximate surface area is 425 Å². The van der Waals surface area contributed by atoms with E-state index in [0.717, 1.165) is 93.9 Å². The fraction of sp³-hybridized carbons (Fsp3) is 0. The third kappa shape index (κ3) is 6.90. The second kappa shape index (κ2) is 16.8. The summed E-state index contributed by atoms with van der Waals surface area (Å²) < 4.78 is 8.95. The van der Waals surface area contributed by atoms with Gasteiger partial charge in [-0.15, -0.1) is 0 Å². The molecule has 0 amide bonds. The van der Waals surface area contributed by atoms with Crippen LogP contribution in [0.1, 0.15) is 0 Å². The molecule has 5 nitrogen and oxygen atoms in total. The lowest BCUT2D eigenvalue weighted by atomic mass is 9.89. The zero-order chi connectivity index (χ0) is 48.7. The zero-order valence-electron chi connectivity index (χ0n) is 39.9. The largest absolute Gasteiger partial charge is 0.456 e. The van der Waals surface area contributed by atoms with Crippen LogP contribution in [0.3, 0.4) is 0 Å². The molecular formula is C69H42N4O. The molecule has 5 heteroatoms. The number of furan rings is 1. The van der Waals surface area contributed by atoms with Crippen LogP contribution in [0.4, 0.5) is 0 Å². The minimum absolute atomic E-state index is 0.556. The summed E-state index contributed by atoms with van der Waals surface area (Å²) in [6.07, 6.45) is 0. The summed E-state index contributed by atoms with van der Waals surface area (Å²) in [6, 6.07) is 91.0. The molecule has 12 aromatic carbocycles. The fourth-order valence-electron chi connectivity index (χ4n) is 11.2. The van der Waals surface area contributed by atoms with Crippen LogP contribution in [-0.4, -0.2) is 19.5 Å².